The molecular weight excluding hydrogens is 397 g/mol. The maximum atomic E-state index is 13.5. The number of benzene rings is 2. The van der Waals surface area contributed by atoms with E-state index in [1.807, 2.05) is 37.4 Å². The number of ether oxygens (including phenoxy) is 1. The Morgan fingerprint density at radius 1 is 1.23 bits per heavy atom. The molecule has 162 valence electrons. The van der Waals surface area contributed by atoms with E-state index in [1.165, 1.54) is 12.1 Å². The molecule has 7 heteroatoms. The molecule has 2 aromatic carbocycles. The van der Waals surface area contributed by atoms with Crippen LogP contribution in [-0.4, -0.2) is 41.1 Å². The van der Waals surface area contributed by atoms with E-state index in [1.54, 1.807) is 17.9 Å². The third-order valence-electron chi connectivity index (χ3n) is 5.90. The highest BCUT2D eigenvalue weighted by Gasteiger charge is 2.33. The highest BCUT2D eigenvalue weighted by atomic mass is 19.1. The van der Waals surface area contributed by atoms with Crippen LogP contribution in [0.25, 0.3) is 10.9 Å². The predicted octanol–water partition coefficient (Wildman–Crippen LogP) is 4.11. The molecule has 6 nitrogen and oxygen atoms in total. The van der Waals surface area contributed by atoms with Crippen LogP contribution >= 0.6 is 0 Å². The Labute approximate surface area is 180 Å². The Balaban J connectivity index is 1.55. The molecule has 0 unspecified atom stereocenters. The van der Waals surface area contributed by atoms with Crippen molar-refractivity contribution in [3.05, 3.63) is 71.2 Å². The molecule has 0 fully saturated rings. The van der Waals surface area contributed by atoms with Crippen LogP contribution in [0.3, 0.4) is 0 Å². The molecule has 2 atom stereocenters. The van der Waals surface area contributed by atoms with Gasteiger partial charge in [-0.05, 0) is 48.2 Å². The first-order valence-corrected chi connectivity index (χ1v) is 10.5. The minimum Gasteiger partial charge on any atom is -0.464 e. The molecule has 0 saturated heterocycles. The molecule has 31 heavy (non-hydrogen) atoms. The van der Waals surface area contributed by atoms with Crippen molar-refractivity contribution in [1.29, 1.82) is 0 Å². The summed E-state index contributed by atoms with van der Waals surface area (Å²) in [6, 6.07) is 11.3. The van der Waals surface area contributed by atoms with Crippen LogP contribution in [0.2, 0.25) is 0 Å². The number of hydrogen-bond donors (Lipinski definition) is 2. The van der Waals surface area contributed by atoms with Gasteiger partial charge in [0, 0.05) is 36.1 Å². The van der Waals surface area contributed by atoms with Crippen molar-refractivity contribution < 1.29 is 18.7 Å². The van der Waals surface area contributed by atoms with Gasteiger partial charge in [0.05, 0.1) is 6.61 Å². The van der Waals surface area contributed by atoms with Gasteiger partial charge in [0.15, 0.2) is 0 Å². The fraction of sp³-hybridized carbons (Fsp3) is 0.333. The average molecular weight is 423 g/mol. The first-order valence-electron chi connectivity index (χ1n) is 10.5. The van der Waals surface area contributed by atoms with Crippen LogP contribution < -0.4 is 5.32 Å². The minimum atomic E-state index is -0.832. The summed E-state index contributed by atoms with van der Waals surface area (Å²) in [7, 11) is 0. The Morgan fingerprint density at radius 3 is 2.84 bits per heavy atom. The van der Waals surface area contributed by atoms with Gasteiger partial charge in [-0.3, -0.25) is 0 Å². The van der Waals surface area contributed by atoms with Gasteiger partial charge in [-0.1, -0.05) is 31.2 Å². The smallest absolute Gasteiger partial charge is 0.329 e. The largest absolute Gasteiger partial charge is 0.464 e. The van der Waals surface area contributed by atoms with Gasteiger partial charge < -0.3 is 19.9 Å². The molecule has 2 heterocycles. The second kappa shape index (κ2) is 8.79. The van der Waals surface area contributed by atoms with Crippen LogP contribution in [0.4, 0.5) is 9.18 Å². The molecule has 0 saturated carbocycles. The average Bonchev–Trinajstić information content (AvgIpc) is 3.20. The molecule has 1 aromatic heterocycles. The van der Waals surface area contributed by atoms with E-state index in [0.29, 0.717) is 19.5 Å². The van der Waals surface area contributed by atoms with Gasteiger partial charge >= 0.3 is 12.0 Å². The molecule has 1 aliphatic heterocycles. The topological polar surface area (TPSA) is 74.4 Å². The first-order chi connectivity index (χ1) is 15.0. The fourth-order valence-electron chi connectivity index (χ4n) is 4.19. The number of amides is 2. The van der Waals surface area contributed by atoms with Crippen molar-refractivity contribution in [3.63, 3.8) is 0 Å². The van der Waals surface area contributed by atoms with Crippen molar-refractivity contribution >= 4 is 22.9 Å². The Morgan fingerprint density at radius 2 is 2.03 bits per heavy atom. The summed E-state index contributed by atoms with van der Waals surface area (Å²) in [5.41, 5.74) is 3.74. The second-order valence-electron chi connectivity index (χ2n) is 7.84. The maximum Gasteiger partial charge on any atom is 0.329 e. The van der Waals surface area contributed by atoms with Crippen molar-refractivity contribution in [2.24, 2.45) is 0 Å². The molecule has 3 aromatic rings. The lowest BCUT2D eigenvalue weighted by Crippen LogP contribution is -2.51. The van der Waals surface area contributed by atoms with Crippen molar-refractivity contribution in [2.75, 3.05) is 13.2 Å². The Hall–Kier alpha value is -3.35. The number of urea groups is 1. The monoisotopic (exact) mass is 423 g/mol. The number of fused-ring (bicyclic) bond motifs is 2. The quantitative estimate of drug-likeness (QED) is 0.607. The number of carbonyl (C=O) groups excluding carboxylic acids is 2. The number of aromatic amines is 1. The summed E-state index contributed by atoms with van der Waals surface area (Å²) in [4.78, 5) is 30.7. The van der Waals surface area contributed by atoms with Gasteiger partial charge in [0.2, 0.25) is 0 Å². The molecular formula is C24H26FN3O3. The van der Waals surface area contributed by atoms with Crippen LogP contribution in [-0.2, 0) is 22.5 Å². The highest BCUT2D eigenvalue weighted by molar-refractivity contribution is 5.88. The Kier molecular flexibility index (Phi) is 5.93. The Bertz CT molecular complexity index is 1110. The highest BCUT2D eigenvalue weighted by Crippen LogP contribution is 2.29. The normalized spacial score (nSPS) is 15.3. The molecule has 4 rings (SSSR count). The minimum absolute atomic E-state index is 0.231. The molecule has 2 amide bonds. The predicted molar refractivity (Wildman–Crippen MR) is 116 cm³/mol. The number of nitrogens with one attached hydrogen (secondary N) is 2. The number of carbonyl (C=O) groups is 2. The van der Waals surface area contributed by atoms with E-state index in [-0.39, 0.29) is 24.4 Å². The first kappa shape index (κ1) is 20.9. The number of esters is 1. The number of halogens is 1. The standard InChI is InChI=1S/C24H26FN3O3/c1-3-31-23(29)22(15(2)20-13-26-21-7-5-4-6-19(20)21)27-24(30)28-11-10-16-12-18(25)9-8-17(16)14-28/h4-9,12-13,15,22,26H,3,10-11,14H2,1-2H3,(H,27,30)/t15-,22+/m0/s1. The summed E-state index contributed by atoms with van der Waals surface area (Å²) in [5, 5.41) is 3.90. The zero-order chi connectivity index (χ0) is 22.0. The van der Waals surface area contributed by atoms with Crippen molar-refractivity contribution in [3.8, 4) is 0 Å². The number of rotatable bonds is 5. The zero-order valence-corrected chi connectivity index (χ0v) is 17.7. The van der Waals surface area contributed by atoms with Crippen LogP contribution in [0.5, 0.6) is 0 Å². The lowest BCUT2D eigenvalue weighted by molar-refractivity contribution is -0.145. The molecule has 0 radical (unpaired) electrons. The SMILES string of the molecule is CCOC(=O)[C@H](NC(=O)N1CCc2cc(F)ccc2C1)[C@@H](C)c1c[nH]c2ccccc12. The maximum absolute atomic E-state index is 13.5. The van der Waals surface area contributed by atoms with E-state index in [9.17, 15) is 14.0 Å². The van der Waals surface area contributed by atoms with E-state index in [0.717, 1.165) is 27.6 Å². The third-order valence-corrected chi connectivity index (χ3v) is 5.90. The van der Waals surface area contributed by atoms with Crippen molar-refractivity contribution in [1.82, 2.24) is 15.2 Å². The van der Waals surface area contributed by atoms with E-state index >= 15 is 0 Å². The lowest BCUT2D eigenvalue weighted by Gasteiger charge is -2.31. The molecule has 2 N–H and O–H groups in total. The van der Waals surface area contributed by atoms with Gasteiger partial charge in [-0.25, -0.2) is 14.0 Å². The summed E-state index contributed by atoms with van der Waals surface area (Å²) in [5.74, 6) is -1.04. The molecule has 0 bridgehead atoms. The molecule has 1 aliphatic rings. The number of H-pyrrole nitrogens is 1. The van der Waals surface area contributed by atoms with Gasteiger partial charge in [0.1, 0.15) is 11.9 Å². The number of aromatic nitrogens is 1. The van der Waals surface area contributed by atoms with Crippen LogP contribution in [0, 0.1) is 5.82 Å². The van der Waals surface area contributed by atoms with E-state index in [4.69, 9.17) is 4.74 Å². The third kappa shape index (κ3) is 4.26. The van der Waals surface area contributed by atoms with Crippen LogP contribution in [0.1, 0.15) is 36.5 Å². The number of para-hydroxylation sites is 1. The van der Waals surface area contributed by atoms with E-state index < -0.39 is 12.0 Å². The summed E-state index contributed by atoms with van der Waals surface area (Å²) in [6.45, 7) is 4.71. The molecule has 0 spiro atoms. The van der Waals surface area contributed by atoms with Gasteiger partial charge in [0.25, 0.3) is 0 Å². The zero-order valence-electron chi connectivity index (χ0n) is 17.7. The fourth-order valence-corrected chi connectivity index (χ4v) is 4.19. The van der Waals surface area contributed by atoms with Gasteiger partial charge in [-0.2, -0.15) is 0 Å². The van der Waals surface area contributed by atoms with E-state index in [2.05, 4.69) is 10.3 Å². The van der Waals surface area contributed by atoms with Gasteiger partial charge in [-0.15, -0.1) is 0 Å². The van der Waals surface area contributed by atoms with Crippen LogP contribution in [0.15, 0.2) is 48.7 Å². The summed E-state index contributed by atoms with van der Waals surface area (Å²) >= 11 is 0. The summed E-state index contributed by atoms with van der Waals surface area (Å²) < 4.78 is 18.7. The number of nitrogens with zero attached hydrogens (tertiary/aromatic N) is 1. The lowest BCUT2D eigenvalue weighted by atomic mass is 9.92. The molecule has 0 aliphatic carbocycles. The summed E-state index contributed by atoms with van der Waals surface area (Å²) in [6.07, 6.45) is 2.45. The second-order valence-corrected chi connectivity index (χ2v) is 7.84. The van der Waals surface area contributed by atoms with Crippen molar-refractivity contribution in [2.45, 2.75) is 38.8 Å². The number of hydrogen-bond acceptors (Lipinski definition) is 3.